The van der Waals surface area contributed by atoms with Crippen LogP contribution in [0.5, 0.6) is 5.75 Å². The van der Waals surface area contributed by atoms with E-state index in [0.29, 0.717) is 16.9 Å². The third-order valence-electron chi connectivity index (χ3n) is 6.52. The maximum atomic E-state index is 13.2. The number of nitrogens with two attached hydrogens (primary N) is 1. The number of aliphatic carboxylic acids is 1. The van der Waals surface area contributed by atoms with Crippen molar-refractivity contribution in [2.75, 3.05) is 30.7 Å². The second-order valence-electron chi connectivity index (χ2n) is 10.1. The number of ether oxygens (including phenoxy) is 1. The number of thiazole rings is 2. The molecule has 1 aromatic carbocycles. The van der Waals surface area contributed by atoms with Crippen LogP contribution in [0.1, 0.15) is 19.5 Å². The van der Waals surface area contributed by atoms with E-state index in [-0.39, 0.29) is 10.8 Å². The van der Waals surface area contributed by atoms with Crippen molar-refractivity contribution in [3.8, 4) is 5.75 Å². The van der Waals surface area contributed by atoms with E-state index in [4.69, 9.17) is 19.9 Å². The molecule has 0 spiro atoms. The second kappa shape index (κ2) is 12.1. The summed E-state index contributed by atoms with van der Waals surface area (Å²) in [5.41, 5.74) is 4.41. The molecule has 2 saturated heterocycles. The number of hydrogen-bond donors (Lipinski definition) is 6. The first-order chi connectivity index (χ1) is 20.7. The molecule has 1 unspecified atom stereocenters. The zero-order valence-corrected chi connectivity index (χ0v) is 25.4. The van der Waals surface area contributed by atoms with Crippen molar-refractivity contribution < 1.29 is 46.3 Å². The lowest BCUT2D eigenvalue weighted by atomic mass is 9.84. The first kappa shape index (κ1) is 31.3. The predicted molar refractivity (Wildman–Crippen MR) is 156 cm³/mol. The number of nitrogens with zero attached hydrogens (tertiary/aromatic N) is 4. The number of carboxylic acids is 1. The van der Waals surface area contributed by atoms with Crippen molar-refractivity contribution in [3.63, 3.8) is 0 Å². The van der Waals surface area contributed by atoms with Gasteiger partial charge in [0, 0.05) is 18.5 Å². The fourth-order valence-electron chi connectivity index (χ4n) is 4.08. The number of amides is 2. The fourth-order valence-corrected chi connectivity index (χ4v) is 6.05. The summed E-state index contributed by atoms with van der Waals surface area (Å²) in [5.74, 6) is -3.10. The highest BCUT2D eigenvalue weighted by Gasteiger charge is 2.58. The van der Waals surface area contributed by atoms with Crippen molar-refractivity contribution in [1.82, 2.24) is 25.7 Å². The summed E-state index contributed by atoms with van der Waals surface area (Å²) in [5, 5.41) is 24.9. The number of hydroxylamine groups is 2. The van der Waals surface area contributed by atoms with Crippen LogP contribution in [0.2, 0.25) is 0 Å². The van der Waals surface area contributed by atoms with Gasteiger partial charge in [0.2, 0.25) is 0 Å². The molecule has 236 valence electrons. The van der Waals surface area contributed by atoms with Gasteiger partial charge >= 0.3 is 16.4 Å². The highest BCUT2D eigenvalue weighted by Crippen LogP contribution is 2.33. The maximum absolute atomic E-state index is 13.2. The molecule has 0 bridgehead atoms. The Bertz CT molecular complexity index is 1740. The summed E-state index contributed by atoms with van der Waals surface area (Å²) in [6.07, 6.45) is -1.67. The van der Waals surface area contributed by atoms with E-state index in [0.717, 1.165) is 39.8 Å². The van der Waals surface area contributed by atoms with Crippen LogP contribution in [0.3, 0.4) is 0 Å². The number of hydrogen-bond acceptors (Lipinski definition) is 16. The minimum absolute atomic E-state index is 0.0626. The minimum atomic E-state index is -5.01. The van der Waals surface area contributed by atoms with Crippen molar-refractivity contribution in [1.29, 1.82) is 0 Å². The summed E-state index contributed by atoms with van der Waals surface area (Å²) in [7, 11) is -5.01. The topological polar surface area (TPSA) is 257 Å². The predicted octanol–water partition coefficient (Wildman–Crippen LogP) is -0.188. The van der Waals surface area contributed by atoms with Gasteiger partial charge in [-0.05, 0) is 32.0 Å². The lowest BCUT2D eigenvalue weighted by Gasteiger charge is -2.50. The molecule has 3 aromatic rings. The molecule has 21 heteroatoms. The number of oxime groups is 1. The van der Waals surface area contributed by atoms with Crippen molar-refractivity contribution in [2.45, 2.75) is 37.6 Å². The van der Waals surface area contributed by atoms with Crippen LogP contribution in [0.15, 0.2) is 28.7 Å². The number of carboxylic acid groups (broad SMARTS) is 1. The van der Waals surface area contributed by atoms with Crippen LogP contribution in [0, 0.1) is 0 Å². The Morgan fingerprint density at radius 3 is 2.66 bits per heavy atom. The first-order valence-corrected chi connectivity index (χ1v) is 15.8. The van der Waals surface area contributed by atoms with Crippen LogP contribution < -0.4 is 26.4 Å². The molecule has 7 N–H and O–H groups in total. The van der Waals surface area contributed by atoms with Crippen LogP contribution in [0.4, 0.5) is 10.3 Å². The van der Waals surface area contributed by atoms with Crippen LogP contribution >= 0.6 is 22.7 Å². The van der Waals surface area contributed by atoms with Crippen LogP contribution in [-0.2, 0) is 33.9 Å². The summed E-state index contributed by atoms with van der Waals surface area (Å²) >= 11 is 2.39. The maximum Gasteiger partial charge on any atom is 0.418 e. The summed E-state index contributed by atoms with van der Waals surface area (Å²) in [4.78, 5) is 51.3. The molecule has 2 aliphatic rings. The Morgan fingerprint density at radius 2 is 2.07 bits per heavy atom. The molecule has 2 aromatic heterocycles. The molecule has 2 fully saturated rings. The Labute approximate surface area is 257 Å². The molecule has 0 radical (unpaired) electrons. The van der Waals surface area contributed by atoms with E-state index in [1.807, 2.05) is 0 Å². The van der Waals surface area contributed by atoms with Crippen molar-refractivity contribution >= 4 is 77.0 Å². The van der Waals surface area contributed by atoms with Gasteiger partial charge < -0.3 is 36.4 Å². The van der Waals surface area contributed by atoms with E-state index in [2.05, 4.69) is 35.4 Å². The number of carbonyl (C=O) groups is 3. The molecule has 4 heterocycles. The van der Waals surface area contributed by atoms with E-state index >= 15 is 0 Å². The quantitative estimate of drug-likeness (QED) is 0.0596. The highest BCUT2D eigenvalue weighted by atomic mass is 32.3. The van der Waals surface area contributed by atoms with Gasteiger partial charge in [-0.15, -0.1) is 15.6 Å². The van der Waals surface area contributed by atoms with Gasteiger partial charge in [-0.1, -0.05) is 16.5 Å². The number of anilines is 2. The summed E-state index contributed by atoms with van der Waals surface area (Å²) in [6, 6.07) is 4.06. The molecule has 2 aliphatic heterocycles. The molecule has 0 aliphatic carbocycles. The number of fused-ring (bicyclic) bond motifs is 1. The Morgan fingerprint density at radius 1 is 1.32 bits per heavy atom. The van der Waals surface area contributed by atoms with Crippen molar-refractivity contribution in [3.05, 3.63) is 29.3 Å². The third kappa shape index (κ3) is 6.81. The molecule has 44 heavy (non-hydrogen) atoms. The monoisotopic (exact) mass is 670 g/mol. The smallest absolute Gasteiger partial charge is 0.418 e. The highest BCUT2D eigenvalue weighted by molar-refractivity contribution is 7.80. The fraction of sp³-hybridized carbons (Fsp3) is 0.391. The Balaban J connectivity index is 1.27. The van der Waals surface area contributed by atoms with Gasteiger partial charge in [0.15, 0.2) is 16.0 Å². The van der Waals surface area contributed by atoms with E-state index in [9.17, 15) is 27.9 Å². The molecule has 0 saturated carbocycles. The number of β-lactam (4-membered cyclic amide) rings is 1. The van der Waals surface area contributed by atoms with Gasteiger partial charge in [-0.25, -0.2) is 14.8 Å². The average molecular weight is 671 g/mol. The normalized spacial score (nSPS) is 19.2. The van der Waals surface area contributed by atoms with Crippen LogP contribution in [-0.4, -0.2) is 100 Å². The number of nitrogens with one attached hydrogen (secondary N) is 3. The van der Waals surface area contributed by atoms with Gasteiger partial charge in [-0.3, -0.25) is 14.1 Å². The van der Waals surface area contributed by atoms with Gasteiger partial charge in [-0.2, -0.15) is 13.5 Å². The molecule has 18 nitrogen and oxygen atoms in total. The third-order valence-corrected chi connectivity index (χ3v) is 8.48. The summed E-state index contributed by atoms with van der Waals surface area (Å²) < 4.78 is 41.8. The SMILES string of the molecule is CC1(C)[C@H](NC(=O)/C(=N\OC(COc2ccc3nc(NC4CNC4)sc3c2)C(=O)O)c2csc(N)n2)C(=O)N1OS(=O)(=O)O. The number of carbonyl (C=O) groups excluding carboxylic acids is 2. The number of aromatic nitrogens is 2. The molecule has 5 rings (SSSR count). The van der Waals surface area contributed by atoms with Gasteiger partial charge in [0.05, 0.1) is 21.8 Å². The van der Waals surface area contributed by atoms with Gasteiger partial charge in [0.25, 0.3) is 17.9 Å². The molecule has 2 atom stereocenters. The van der Waals surface area contributed by atoms with E-state index in [1.165, 1.54) is 30.6 Å². The Hall–Kier alpha value is -4.15. The number of benzene rings is 1. The summed E-state index contributed by atoms with van der Waals surface area (Å²) in [6.45, 7) is 3.94. The molecule has 2 amide bonds. The Kier molecular flexibility index (Phi) is 8.59. The number of rotatable bonds is 13. The van der Waals surface area contributed by atoms with Gasteiger partial charge in [0.1, 0.15) is 24.1 Å². The standard InChI is InChI=1S/C23H26N8O10S3/c1-23(2)17(19(33)31(23)41-44(36,37)38)29-18(32)16(13-9-42-21(24)27-13)30-40-14(20(34)35)8-39-11-3-4-12-15(5-11)43-22(28-12)26-10-6-25-7-10/h3-5,9-10,14,17,25H,6-8H2,1-2H3,(H2,24,27)(H,26,28)(H,29,32)(H,34,35)(H,36,37,38)/b30-16-/t14?,17-/m1/s1. The van der Waals surface area contributed by atoms with Crippen molar-refractivity contribution in [2.24, 2.45) is 5.16 Å². The molecular weight excluding hydrogens is 645 g/mol. The lowest BCUT2D eigenvalue weighted by Crippen LogP contribution is -2.76. The average Bonchev–Trinajstić information content (AvgIpc) is 3.54. The second-order valence-corrected chi connectivity index (χ2v) is 13.0. The zero-order chi connectivity index (χ0) is 31.8. The first-order valence-electron chi connectivity index (χ1n) is 12.7. The van der Waals surface area contributed by atoms with Crippen LogP contribution in [0.25, 0.3) is 10.2 Å². The largest absolute Gasteiger partial charge is 0.489 e. The van der Waals surface area contributed by atoms with E-state index < -0.39 is 58.2 Å². The number of nitrogen functional groups attached to an aromatic ring is 1. The van der Waals surface area contributed by atoms with E-state index in [1.54, 1.807) is 18.2 Å². The lowest BCUT2D eigenvalue weighted by molar-refractivity contribution is -0.218. The molecular formula is C23H26N8O10S3. The zero-order valence-electron chi connectivity index (χ0n) is 22.9. The minimum Gasteiger partial charge on any atom is -0.489 e.